The normalized spacial score (nSPS) is 13.2. The minimum absolute atomic E-state index is 0.219. The van der Waals surface area contributed by atoms with Crippen molar-refractivity contribution < 1.29 is 18.0 Å². The summed E-state index contributed by atoms with van der Waals surface area (Å²) in [7, 11) is 0. The molecular formula is C11H11ClF3NO. The number of nitrogens with one attached hydrogen (secondary N) is 1. The summed E-state index contributed by atoms with van der Waals surface area (Å²) in [5, 5.41) is 2.49. The van der Waals surface area contributed by atoms with Crippen molar-refractivity contribution in [2.24, 2.45) is 0 Å². The first-order chi connectivity index (χ1) is 7.84. The molecule has 0 aliphatic carbocycles. The summed E-state index contributed by atoms with van der Waals surface area (Å²) >= 11 is 5.30. The minimum Gasteiger partial charge on any atom is -0.349 e. The van der Waals surface area contributed by atoms with E-state index in [1.165, 1.54) is 12.1 Å². The molecular weight excluding hydrogens is 255 g/mol. The molecule has 1 aromatic rings. The second-order valence-electron chi connectivity index (χ2n) is 3.55. The van der Waals surface area contributed by atoms with Crippen molar-refractivity contribution in [2.45, 2.75) is 19.1 Å². The fourth-order valence-corrected chi connectivity index (χ4v) is 1.42. The van der Waals surface area contributed by atoms with Crippen LogP contribution in [0.5, 0.6) is 0 Å². The highest BCUT2D eigenvalue weighted by atomic mass is 35.5. The fourth-order valence-electron chi connectivity index (χ4n) is 1.35. The second kappa shape index (κ2) is 5.40. The van der Waals surface area contributed by atoms with Gasteiger partial charge >= 0.3 is 6.18 Å². The second-order valence-corrected chi connectivity index (χ2v) is 3.81. The van der Waals surface area contributed by atoms with Gasteiger partial charge < -0.3 is 5.32 Å². The summed E-state index contributed by atoms with van der Waals surface area (Å²) in [6.45, 7) is 1.60. The Bertz CT molecular complexity index is 406. The molecule has 17 heavy (non-hydrogen) atoms. The summed E-state index contributed by atoms with van der Waals surface area (Å²) in [6, 6.07) is 4.32. The Morgan fingerprint density at radius 3 is 2.65 bits per heavy atom. The highest BCUT2D eigenvalue weighted by Crippen LogP contribution is 2.30. The number of hydrogen-bond acceptors (Lipinski definition) is 1. The number of amides is 1. The molecule has 0 bridgehead atoms. The van der Waals surface area contributed by atoms with Crippen molar-refractivity contribution in [3.8, 4) is 0 Å². The molecule has 0 fully saturated rings. The van der Waals surface area contributed by atoms with Crippen LogP contribution >= 0.6 is 11.6 Å². The number of carbonyl (C=O) groups excluding carboxylic acids is 1. The predicted octanol–water partition coefficient (Wildman–Crippen LogP) is 3.12. The van der Waals surface area contributed by atoms with Gasteiger partial charge in [-0.25, -0.2) is 0 Å². The Morgan fingerprint density at radius 2 is 2.12 bits per heavy atom. The van der Waals surface area contributed by atoms with Gasteiger partial charge in [0.2, 0.25) is 5.91 Å². The maximum absolute atomic E-state index is 12.5. The highest BCUT2D eigenvalue weighted by molar-refractivity contribution is 6.27. The van der Waals surface area contributed by atoms with Crippen molar-refractivity contribution in [3.05, 3.63) is 35.4 Å². The van der Waals surface area contributed by atoms with Gasteiger partial charge in [-0.2, -0.15) is 13.2 Å². The number of halogens is 4. The minimum atomic E-state index is -4.38. The van der Waals surface area contributed by atoms with Crippen LogP contribution in [0, 0.1) is 0 Å². The Balaban J connectivity index is 2.88. The largest absolute Gasteiger partial charge is 0.416 e. The summed E-state index contributed by atoms with van der Waals surface area (Å²) < 4.78 is 37.4. The molecule has 0 aromatic heterocycles. The average Bonchev–Trinajstić information content (AvgIpc) is 2.28. The van der Waals surface area contributed by atoms with E-state index in [0.717, 1.165) is 12.1 Å². The van der Waals surface area contributed by atoms with Crippen molar-refractivity contribution in [3.63, 3.8) is 0 Å². The van der Waals surface area contributed by atoms with Crippen LogP contribution in [0.25, 0.3) is 0 Å². The van der Waals surface area contributed by atoms with E-state index in [4.69, 9.17) is 11.6 Å². The molecule has 1 aromatic carbocycles. The van der Waals surface area contributed by atoms with Crippen LogP contribution < -0.4 is 5.32 Å². The molecule has 1 rings (SSSR count). The van der Waals surface area contributed by atoms with Crippen LogP contribution in [0.2, 0.25) is 0 Å². The fraction of sp³-hybridized carbons (Fsp3) is 0.364. The van der Waals surface area contributed by atoms with Crippen molar-refractivity contribution in [2.75, 3.05) is 5.88 Å². The molecule has 1 N–H and O–H groups in total. The maximum atomic E-state index is 12.5. The van der Waals surface area contributed by atoms with E-state index in [-0.39, 0.29) is 5.88 Å². The van der Waals surface area contributed by atoms with E-state index >= 15 is 0 Å². The van der Waals surface area contributed by atoms with Crippen LogP contribution in [0.1, 0.15) is 24.1 Å². The van der Waals surface area contributed by atoms with Gasteiger partial charge in [0.15, 0.2) is 0 Å². The lowest BCUT2D eigenvalue weighted by Gasteiger charge is -2.15. The lowest BCUT2D eigenvalue weighted by atomic mass is 10.0. The van der Waals surface area contributed by atoms with Gasteiger partial charge in [0.25, 0.3) is 0 Å². The number of carbonyl (C=O) groups is 1. The molecule has 0 spiro atoms. The molecule has 0 aliphatic heterocycles. The van der Waals surface area contributed by atoms with Crippen molar-refractivity contribution in [1.29, 1.82) is 0 Å². The van der Waals surface area contributed by atoms with Crippen LogP contribution in [-0.4, -0.2) is 11.8 Å². The first-order valence-corrected chi connectivity index (χ1v) is 5.40. The third-order valence-electron chi connectivity index (χ3n) is 2.21. The van der Waals surface area contributed by atoms with E-state index in [0.29, 0.717) is 5.56 Å². The first-order valence-electron chi connectivity index (χ1n) is 4.87. The Morgan fingerprint density at radius 1 is 1.47 bits per heavy atom. The van der Waals surface area contributed by atoms with Crippen LogP contribution in [0.3, 0.4) is 0 Å². The number of alkyl halides is 4. The van der Waals surface area contributed by atoms with Gasteiger partial charge in [0.1, 0.15) is 5.88 Å². The third-order valence-corrected chi connectivity index (χ3v) is 2.46. The summed E-state index contributed by atoms with van der Waals surface area (Å²) in [4.78, 5) is 11.0. The molecule has 0 saturated carbocycles. The van der Waals surface area contributed by atoms with Crippen LogP contribution in [-0.2, 0) is 11.0 Å². The summed E-state index contributed by atoms with van der Waals surface area (Å²) in [6.07, 6.45) is -4.38. The molecule has 0 aliphatic rings. The Kier molecular flexibility index (Phi) is 4.40. The van der Waals surface area contributed by atoms with Gasteiger partial charge in [-0.15, -0.1) is 11.6 Å². The zero-order chi connectivity index (χ0) is 13.1. The van der Waals surface area contributed by atoms with Gasteiger partial charge in [0, 0.05) is 0 Å². The summed E-state index contributed by atoms with van der Waals surface area (Å²) in [5.74, 6) is -0.639. The zero-order valence-electron chi connectivity index (χ0n) is 9.01. The standard InChI is InChI=1S/C11H11ClF3NO/c1-7(16-10(17)6-12)8-3-2-4-9(5-8)11(13,14)15/h2-5,7H,6H2,1H3,(H,16,17). The zero-order valence-corrected chi connectivity index (χ0v) is 9.77. The highest BCUT2D eigenvalue weighted by Gasteiger charge is 2.30. The molecule has 1 amide bonds. The van der Waals surface area contributed by atoms with Crippen molar-refractivity contribution >= 4 is 17.5 Å². The average molecular weight is 266 g/mol. The van der Waals surface area contributed by atoms with E-state index in [1.54, 1.807) is 6.92 Å². The Labute approximate surface area is 102 Å². The maximum Gasteiger partial charge on any atom is 0.416 e. The smallest absolute Gasteiger partial charge is 0.349 e. The monoisotopic (exact) mass is 265 g/mol. The molecule has 6 heteroatoms. The van der Waals surface area contributed by atoms with Gasteiger partial charge in [0.05, 0.1) is 11.6 Å². The quantitative estimate of drug-likeness (QED) is 0.836. The number of rotatable bonds is 3. The lowest BCUT2D eigenvalue weighted by molar-refractivity contribution is -0.137. The molecule has 2 nitrogen and oxygen atoms in total. The van der Waals surface area contributed by atoms with Crippen molar-refractivity contribution in [1.82, 2.24) is 5.32 Å². The lowest BCUT2D eigenvalue weighted by Crippen LogP contribution is -2.27. The molecule has 94 valence electrons. The number of benzene rings is 1. The third kappa shape index (κ3) is 3.93. The van der Waals surface area contributed by atoms with E-state index in [9.17, 15) is 18.0 Å². The molecule has 1 atom stereocenters. The molecule has 0 radical (unpaired) electrons. The van der Waals surface area contributed by atoms with Crippen LogP contribution in [0.15, 0.2) is 24.3 Å². The SMILES string of the molecule is CC(NC(=O)CCl)c1cccc(C(F)(F)F)c1. The van der Waals surface area contributed by atoms with Gasteiger partial charge in [-0.1, -0.05) is 12.1 Å². The molecule has 1 unspecified atom stereocenters. The van der Waals surface area contributed by atoms with Gasteiger partial charge in [-0.05, 0) is 24.6 Å². The summed E-state index contributed by atoms with van der Waals surface area (Å²) in [5.41, 5.74) is -0.347. The van der Waals surface area contributed by atoms with Gasteiger partial charge in [-0.3, -0.25) is 4.79 Å². The number of hydrogen-bond donors (Lipinski definition) is 1. The van der Waals surface area contributed by atoms with E-state index in [1.807, 2.05) is 0 Å². The Hall–Kier alpha value is -1.23. The first kappa shape index (κ1) is 13.8. The molecule has 0 heterocycles. The molecule has 0 saturated heterocycles. The van der Waals surface area contributed by atoms with E-state index in [2.05, 4.69) is 5.32 Å². The van der Waals surface area contributed by atoms with E-state index < -0.39 is 23.7 Å². The predicted molar refractivity (Wildman–Crippen MR) is 58.7 cm³/mol. The van der Waals surface area contributed by atoms with Crippen LogP contribution in [0.4, 0.5) is 13.2 Å². The topological polar surface area (TPSA) is 29.1 Å².